The number of benzene rings is 2. The van der Waals surface area contributed by atoms with Crippen molar-refractivity contribution in [1.82, 2.24) is 0 Å². The summed E-state index contributed by atoms with van der Waals surface area (Å²) in [7, 11) is 4.77. The quantitative estimate of drug-likeness (QED) is 0.524. The summed E-state index contributed by atoms with van der Waals surface area (Å²) in [6, 6.07) is 15.5. The zero-order chi connectivity index (χ0) is 21.7. The van der Waals surface area contributed by atoms with Gasteiger partial charge < -0.3 is 14.2 Å². The third kappa shape index (κ3) is 4.63. The van der Waals surface area contributed by atoms with Crippen LogP contribution in [0.15, 0.2) is 47.4 Å². The first-order chi connectivity index (χ1) is 14.6. The molecule has 5 nitrogen and oxygen atoms in total. The maximum absolute atomic E-state index is 12.9. The number of nitriles is 1. The summed E-state index contributed by atoms with van der Waals surface area (Å²) >= 11 is 1.44. The Kier molecular flexibility index (Phi) is 7.07. The van der Waals surface area contributed by atoms with Crippen LogP contribution in [0.4, 0.5) is 0 Å². The van der Waals surface area contributed by atoms with Crippen LogP contribution in [0.3, 0.4) is 0 Å². The average molecular weight is 424 g/mol. The van der Waals surface area contributed by atoms with Gasteiger partial charge in [-0.1, -0.05) is 12.1 Å². The first-order valence-electron chi connectivity index (χ1n) is 9.62. The van der Waals surface area contributed by atoms with Crippen molar-refractivity contribution >= 4 is 23.1 Å². The Hall–Kier alpha value is -2.91. The number of hydrogen-bond acceptors (Lipinski definition) is 6. The Bertz CT molecular complexity index is 991. The molecule has 0 unspecified atom stereocenters. The van der Waals surface area contributed by atoms with Crippen LogP contribution >= 0.6 is 11.8 Å². The highest BCUT2D eigenvalue weighted by molar-refractivity contribution is 8.02. The molecule has 0 amide bonds. The number of thioether (sulfide) groups is 1. The van der Waals surface area contributed by atoms with Crippen molar-refractivity contribution in [3.05, 3.63) is 58.5 Å². The van der Waals surface area contributed by atoms with Gasteiger partial charge in [-0.2, -0.15) is 5.26 Å². The van der Waals surface area contributed by atoms with E-state index < -0.39 is 0 Å². The van der Waals surface area contributed by atoms with Crippen molar-refractivity contribution < 1.29 is 19.0 Å². The fourth-order valence-electron chi connectivity index (χ4n) is 3.60. The molecule has 0 aliphatic heterocycles. The molecule has 2 aromatic rings. The van der Waals surface area contributed by atoms with Crippen LogP contribution in [0.1, 0.15) is 29.9 Å². The molecule has 30 heavy (non-hydrogen) atoms. The minimum absolute atomic E-state index is 0.00545. The third-order valence-corrected chi connectivity index (χ3v) is 6.23. The molecule has 0 spiro atoms. The average Bonchev–Trinajstić information content (AvgIpc) is 3.59. The standard InChI is InChI=1S/C24H25NO4S/c1-27-17-8-5-15(6-9-17)18-12-19(18)21(26)13-24(30-4)20(14-25)16-7-10-22(28-2)23(11-16)29-3/h5-11,18-19H,12-13H2,1-4H3/b24-20-/t18-,19+/m0/s1. The molecule has 1 saturated carbocycles. The van der Waals surface area contributed by atoms with Gasteiger partial charge in [0, 0.05) is 17.2 Å². The van der Waals surface area contributed by atoms with Crippen molar-refractivity contribution in [3.63, 3.8) is 0 Å². The van der Waals surface area contributed by atoms with Crippen LogP contribution < -0.4 is 14.2 Å². The SMILES string of the molecule is COc1ccc([C@@H]2C[C@H]2C(=O)C/C(SC)=C(\C#N)c2ccc(OC)c(OC)c2)cc1. The van der Waals surface area contributed by atoms with E-state index in [2.05, 4.69) is 6.07 Å². The molecule has 2 atom stereocenters. The summed E-state index contributed by atoms with van der Waals surface area (Å²) < 4.78 is 15.8. The molecule has 1 aliphatic rings. The van der Waals surface area contributed by atoms with E-state index in [0.29, 0.717) is 17.1 Å². The number of ketones is 1. The zero-order valence-corrected chi connectivity index (χ0v) is 18.4. The van der Waals surface area contributed by atoms with Crippen LogP contribution in [-0.2, 0) is 4.79 Å². The Labute approximate surface area is 181 Å². The van der Waals surface area contributed by atoms with Crippen molar-refractivity contribution in [2.45, 2.75) is 18.8 Å². The molecule has 156 valence electrons. The molecular weight excluding hydrogens is 398 g/mol. The summed E-state index contributed by atoms with van der Waals surface area (Å²) in [5, 5.41) is 9.80. The number of carbonyl (C=O) groups excluding carboxylic acids is 1. The number of nitrogens with zero attached hydrogens (tertiary/aromatic N) is 1. The molecule has 0 N–H and O–H groups in total. The van der Waals surface area contributed by atoms with Crippen molar-refractivity contribution in [2.75, 3.05) is 27.6 Å². The van der Waals surface area contributed by atoms with Crippen LogP contribution in [-0.4, -0.2) is 33.4 Å². The highest BCUT2D eigenvalue weighted by atomic mass is 32.2. The molecule has 2 aromatic carbocycles. The lowest BCUT2D eigenvalue weighted by Crippen LogP contribution is -2.04. The van der Waals surface area contributed by atoms with E-state index >= 15 is 0 Å². The lowest BCUT2D eigenvalue weighted by molar-refractivity contribution is -0.119. The Morgan fingerprint density at radius 1 is 1.07 bits per heavy atom. The number of carbonyl (C=O) groups is 1. The molecule has 1 aliphatic carbocycles. The molecule has 1 fully saturated rings. The highest BCUT2D eigenvalue weighted by Gasteiger charge is 2.43. The van der Waals surface area contributed by atoms with E-state index in [0.717, 1.165) is 28.2 Å². The van der Waals surface area contributed by atoms with Crippen LogP contribution in [0.5, 0.6) is 17.2 Å². The van der Waals surface area contributed by atoms with Gasteiger partial charge >= 0.3 is 0 Å². The van der Waals surface area contributed by atoms with Crippen molar-refractivity contribution in [1.29, 1.82) is 5.26 Å². The third-order valence-electron chi connectivity index (χ3n) is 5.39. The lowest BCUT2D eigenvalue weighted by Gasteiger charge is -2.12. The summed E-state index contributed by atoms with van der Waals surface area (Å²) in [6.07, 6.45) is 3.01. The van der Waals surface area contributed by atoms with E-state index in [1.165, 1.54) is 11.8 Å². The van der Waals surface area contributed by atoms with Gasteiger partial charge in [0.15, 0.2) is 11.5 Å². The largest absolute Gasteiger partial charge is 0.497 e. The summed E-state index contributed by atoms with van der Waals surface area (Å²) in [6.45, 7) is 0. The summed E-state index contributed by atoms with van der Waals surface area (Å²) in [4.78, 5) is 13.7. The van der Waals surface area contributed by atoms with E-state index in [-0.39, 0.29) is 24.0 Å². The second kappa shape index (κ2) is 9.73. The Morgan fingerprint density at radius 3 is 2.33 bits per heavy atom. The first-order valence-corrected chi connectivity index (χ1v) is 10.8. The monoisotopic (exact) mass is 423 g/mol. The van der Waals surface area contributed by atoms with E-state index in [9.17, 15) is 10.1 Å². The fraction of sp³-hybridized carbons (Fsp3) is 0.333. The van der Waals surface area contributed by atoms with Crippen molar-refractivity contribution in [3.8, 4) is 23.3 Å². The van der Waals surface area contributed by atoms with Gasteiger partial charge in [0.1, 0.15) is 17.6 Å². The second-order valence-electron chi connectivity index (χ2n) is 7.05. The number of rotatable bonds is 9. The van der Waals surface area contributed by atoms with Crippen LogP contribution in [0, 0.1) is 17.2 Å². The molecule has 6 heteroatoms. The highest BCUT2D eigenvalue weighted by Crippen LogP contribution is 2.49. The predicted octanol–water partition coefficient (Wildman–Crippen LogP) is 5.07. The predicted molar refractivity (Wildman–Crippen MR) is 119 cm³/mol. The van der Waals surface area contributed by atoms with Gasteiger partial charge in [-0.25, -0.2) is 0 Å². The Balaban J connectivity index is 1.78. The smallest absolute Gasteiger partial charge is 0.161 e. The fourth-order valence-corrected chi connectivity index (χ4v) is 4.26. The van der Waals surface area contributed by atoms with E-state index in [4.69, 9.17) is 14.2 Å². The van der Waals surface area contributed by atoms with Crippen LogP contribution in [0.25, 0.3) is 5.57 Å². The molecule has 0 saturated heterocycles. The van der Waals surface area contributed by atoms with Gasteiger partial charge in [-0.05, 0) is 60.1 Å². The van der Waals surface area contributed by atoms with E-state index in [1.807, 2.05) is 36.6 Å². The molecule has 0 bridgehead atoms. The van der Waals surface area contributed by atoms with Gasteiger partial charge in [0.25, 0.3) is 0 Å². The van der Waals surface area contributed by atoms with Gasteiger partial charge in [0.05, 0.1) is 26.9 Å². The normalized spacial score (nSPS) is 18.1. The maximum Gasteiger partial charge on any atom is 0.161 e. The molecule has 0 heterocycles. The Morgan fingerprint density at radius 2 is 1.77 bits per heavy atom. The topological polar surface area (TPSA) is 68.6 Å². The lowest BCUT2D eigenvalue weighted by atomic mass is 10.0. The minimum Gasteiger partial charge on any atom is -0.497 e. The number of ether oxygens (including phenoxy) is 3. The first kappa shape index (κ1) is 21.8. The van der Waals surface area contributed by atoms with Gasteiger partial charge in [-0.15, -0.1) is 11.8 Å². The molecular formula is C24H25NO4S. The van der Waals surface area contributed by atoms with Crippen LogP contribution in [0.2, 0.25) is 0 Å². The van der Waals surface area contributed by atoms with E-state index in [1.54, 1.807) is 33.5 Å². The minimum atomic E-state index is 0.00545. The number of hydrogen-bond donors (Lipinski definition) is 0. The molecule has 3 rings (SSSR count). The maximum atomic E-state index is 12.9. The molecule has 0 radical (unpaired) electrons. The summed E-state index contributed by atoms with van der Waals surface area (Å²) in [5.41, 5.74) is 2.37. The van der Waals surface area contributed by atoms with Crippen molar-refractivity contribution in [2.24, 2.45) is 5.92 Å². The number of Topliss-reactive ketones (excluding diaryl/α,β-unsaturated/α-hetero) is 1. The number of allylic oxidation sites excluding steroid dienone is 2. The molecule has 0 aromatic heterocycles. The summed E-state index contributed by atoms with van der Waals surface area (Å²) in [5.74, 6) is 2.39. The van der Waals surface area contributed by atoms with Gasteiger partial charge in [-0.3, -0.25) is 4.79 Å². The zero-order valence-electron chi connectivity index (χ0n) is 17.6. The van der Waals surface area contributed by atoms with Gasteiger partial charge in [0.2, 0.25) is 0 Å². The number of methoxy groups -OCH3 is 3. The second-order valence-corrected chi connectivity index (χ2v) is 7.95.